The lowest BCUT2D eigenvalue weighted by molar-refractivity contribution is -0.127. The Hall–Kier alpha value is -3.41. The van der Waals surface area contributed by atoms with E-state index in [1.165, 1.54) is 0 Å². The molecule has 0 aliphatic heterocycles. The van der Waals surface area contributed by atoms with E-state index < -0.39 is 0 Å². The van der Waals surface area contributed by atoms with E-state index in [1.807, 2.05) is 66.7 Å². The highest BCUT2D eigenvalue weighted by Crippen LogP contribution is 2.24. The van der Waals surface area contributed by atoms with Gasteiger partial charge in [0.2, 0.25) is 17.7 Å². The lowest BCUT2D eigenvalue weighted by Gasteiger charge is -2.30. The van der Waals surface area contributed by atoms with Crippen LogP contribution in [0.4, 0.5) is 0 Å². The topological polar surface area (TPSA) is 101 Å². The van der Waals surface area contributed by atoms with E-state index in [0.717, 1.165) is 36.8 Å². The molecule has 3 amide bonds. The Morgan fingerprint density at radius 3 is 2.28 bits per heavy atom. The lowest BCUT2D eigenvalue weighted by atomic mass is 9.84. The molecule has 2 aromatic carbocycles. The van der Waals surface area contributed by atoms with Crippen molar-refractivity contribution >= 4 is 23.8 Å². The Morgan fingerprint density at radius 1 is 0.938 bits per heavy atom. The first-order chi connectivity index (χ1) is 15.5. The average Bonchev–Trinajstić information content (AvgIpc) is 2.81. The number of nitrogens with one attached hydrogen (secondary N) is 2. The second-order valence-corrected chi connectivity index (χ2v) is 8.22. The number of rotatable bonds is 9. The fraction of sp³-hybridized carbons (Fsp3) is 0.346. The molecular formula is C26H31N3O3. The summed E-state index contributed by atoms with van der Waals surface area (Å²) in [4.78, 5) is 37.0. The average molecular weight is 434 g/mol. The largest absolute Gasteiger partial charge is 0.369 e. The number of carbonyl (C=O) groups is 3. The second kappa shape index (κ2) is 11.8. The van der Waals surface area contributed by atoms with Crippen LogP contribution in [0.1, 0.15) is 43.2 Å². The predicted molar refractivity (Wildman–Crippen MR) is 125 cm³/mol. The maximum Gasteiger partial charge on any atom is 0.247 e. The van der Waals surface area contributed by atoms with Gasteiger partial charge in [0, 0.05) is 11.6 Å². The Labute approximate surface area is 189 Å². The monoisotopic (exact) mass is 433 g/mol. The van der Waals surface area contributed by atoms with Crippen LogP contribution in [0.2, 0.25) is 0 Å². The summed E-state index contributed by atoms with van der Waals surface area (Å²) in [5, 5.41) is 5.62. The molecular weight excluding hydrogens is 402 g/mol. The lowest BCUT2D eigenvalue weighted by Crippen LogP contribution is -2.49. The molecule has 3 rings (SSSR count). The van der Waals surface area contributed by atoms with Gasteiger partial charge in [0.25, 0.3) is 0 Å². The summed E-state index contributed by atoms with van der Waals surface area (Å²) in [7, 11) is 0. The van der Waals surface area contributed by atoms with Crippen LogP contribution >= 0.6 is 0 Å². The van der Waals surface area contributed by atoms with Crippen molar-refractivity contribution in [1.29, 1.82) is 0 Å². The van der Waals surface area contributed by atoms with Crippen LogP contribution in [-0.4, -0.2) is 30.3 Å². The van der Waals surface area contributed by atoms with Crippen molar-refractivity contribution in [3.8, 4) is 0 Å². The number of benzene rings is 2. The minimum Gasteiger partial charge on any atom is -0.369 e. The van der Waals surface area contributed by atoms with E-state index in [9.17, 15) is 14.4 Å². The number of hydrogen-bond donors (Lipinski definition) is 3. The van der Waals surface area contributed by atoms with Crippen molar-refractivity contribution in [2.75, 3.05) is 6.54 Å². The van der Waals surface area contributed by atoms with E-state index in [4.69, 9.17) is 5.73 Å². The molecule has 0 radical (unpaired) electrons. The van der Waals surface area contributed by atoms with Crippen LogP contribution in [0.5, 0.6) is 0 Å². The van der Waals surface area contributed by atoms with E-state index in [0.29, 0.717) is 18.4 Å². The molecule has 1 fully saturated rings. The van der Waals surface area contributed by atoms with Crippen molar-refractivity contribution in [3.63, 3.8) is 0 Å². The van der Waals surface area contributed by atoms with E-state index in [1.54, 1.807) is 0 Å². The van der Waals surface area contributed by atoms with Crippen molar-refractivity contribution < 1.29 is 14.4 Å². The van der Waals surface area contributed by atoms with Gasteiger partial charge in [0.15, 0.2) is 0 Å². The highest BCUT2D eigenvalue weighted by Gasteiger charge is 2.30. The number of carbonyl (C=O) groups excluding carboxylic acids is 3. The quantitative estimate of drug-likeness (QED) is 0.530. The van der Waals surface area contributed by atoms with Crippen LogP contribution in [0.3, 0.4) is 0 Å². The van der Waals surface area contributed by atoms with Gasteiger partial charge in [-0.1, -0.05) is 73.5 Å². The summed E-state index contributed by atoms with van der Waals surface area (Å²) in [5.74, 6) is -1.30. The van der Waals surface area contributed by atoms with Gasteiger partial charge < -0.3 is 16.4 Å². The van der Waals surface area contributed by atoms with Crippen LogP contribution in [0.25, 0.3) is 6.08 Å². The van der Waals surface area contributed by atoms with Gasteiger partial charge in [-0.25, -0.2) is 0 Å². The van der Waals surface area contributed by atoms with Crippen molar-refractivity contribution in [1.82, 2.24) is 10.6 Å². The first-order valence-electron chi connectivity index (χ1n) is 11.2. The van der Waals surface area contributed by atoms with Crippen molar-refractivity contribution in [2.24, 2.45) is 11.7 Å². The van der Waals surface area contributed by atoms with Gasteiger partial charge >= 0.3 is 0 Å². The molecule has 1 saturated carbocycles. The molecule has 1 aliphatic carbocycles. The SMILES string of the molecule is NC(=O)[C@@H]1CCCC[C@H]1NC(=O)CNC(=O)/C(=C/c1ccccc1)CCc1ccccc1. The molecule has 168 valence electrons. The van der Waals surface area contributed by atoms with Crippen LogP contribution in [-0.2, 0) is 20.8 Å². The molecule has 6 nitrogen and oxygen atoms in total. The third kappa shape index (κ3) is 7.08. The number of nitrogens with two attached hydrogens (primary N) is 1. The molecule has 0 heterocycles. The summed E-state index contributed by atoms with van der Waals surface area (Å²) in [6, 6.07) is 19.4. The summed E-state index contributed by atoms with van der Waals surface area (Å²) >= 11 is 0. The van der Waals surface area contributed by atoms with E-state index in [-0.39, 0.29) is 36.2 Å². The fourth-order valence-electron chi connectivity index (χ4n) is 4.10. The molecule has 2 aromatic rings. The van der Waals surface area contributed by atoms with Gasteiger partial charge in [0.05, 0.1) is 12.5 Å². The number of hydrogen-bond acceptors (Lipinski definition) is 3. The molecule has 4 N–H and O–H groups in total. The minimum atomic E-state index is -0.381. The molecule has 1 aliphatic rings. The first kappa shape index (κ1) is 23.3. The standard InChI is InChI=1S/C26H31N3O3/c27-25(31)22-13-7-8-14-23(22)29-24(30)18-28-26(32)21(17-20-11-5-2-6-12-20)16-15-19-9-3-1-4-10-19/h1-6,9-12,17,22-23H,7-8,13-16,18H2,(H2,27,31)(H,28,32)(H,29,30)/b21-17+/t22-,23-/m1/s1. The molecule has 0 aromatic heterocycles. The normalized spacial score (nSPS) is 18.6. The van der Waals surface area contributed by atoms with Crippen LogP contribution in [0.15, 0.2) is 66.2 Å². The van der Waals surface area contributed by atoms with Crippen LogP contribution < -0.4 is 16.4 Å². The highest BCUT2D eigenvalue weighted by atomic mass is 16.2. The van der Waals surface area contributed by atoms with Gasteiger partial charge in [-0.3, -0.25) is 14.4 Å². The fourth-order valence-corrected chi connectivity index (χ4v) is 4.10. The van der Waals surface area contributed by atoms with E-state index >= 15 is 0 Å². The zero-order valence-electron chi connectivity index (χ0n) is 18.3. The first-order valence-corrected chi connectivity index (χ1v) is 11.2. The molecule has 0 spiro atoms. The Morgan fingerprint density at radius 2 is 1.59 bits per heavy atom. The molecule has 0 saturated heterocycles. The maximum atomic E-state index is 12.9. The summed E-state index contributed by atoms with van der Waals surface area (Å²) in [5.41, 5.74) is 8.17. The molecule has 0 unspecified atom stereocenters. The van der Waals surface area contributed by atoms with Gasteiger partial charge in [-0.05, 0) is 42.9 Å². The zero-order valence-corrected chi connectivity index (χ0v) is 18.3. The summed E-state index contributed by atoms with van der Waals surface area (Å²) in [6.45, 7) is -0.141. The molecule has 2 atom stereocenters. The van der Waals surface area contributed by atoms with Gasteiger partial charge in [-0.15, -0.1) is 0 Å². The minimum absolute atomic E-state index is 0.141. The Bertz CT molecular complexity index is 941. The Balaban J connectivity index is 1.60. The third-order valence-corrected chi connectivity index (χ3v) is 5.85. The molecule has 6 heteroatoms. The number of amides is 3. The van der Waals surface area contributed by atoms with Crippen molar-refractivity contribution in [3.05, 3.63) is 77.4 Å². The molecule has 0 bridgehead atoms. The number of primary amides is 1. The van der Waals surface area contributed by atoms with Gasteiger partial charge in [-0.2, -0.15) is 0 Å². The highest BCUT2D eigenvalue weighted by molar-refractivity contribution is 5.99. The molecule has 32 heavy (non-hydrogen) atoms. The van der Waals surface area contributed by atoms with Crippen LogP contribution in [0, 0.1) is 5.92 Å². The summed E-state index contributed by atoms with van der Waals surface area (Å²) in [6.07, 6.45) is 6.44. The zero-order chi connectivity index (χ0) is 22.8. The third-order valence-electron chi connectivity index (χ3n) is 5.85. The van der Waals surface area contributed by atoms with E-state index in [2.05, 4.69) is 10.6 Å². The Kier molecular flexibility index (Phi) is 8.61. The summed E-state index contributed by atoms with van der Waals surface area (Å²) < 4.78 is 0. The maximum absolute atomic E-state index is 12.9. The van der Waals surface area contributed by atoms with Crippen molar-refractivity contribution in [2.45, 2.75) is 44.6 Å². The second-order valence-electron chi connectivity index (χ2n) is 8.22. The predicted octanol–water partition coefficient (Wildman–Crippen LogP) is 2.98. The van der Waals surface area contributed by atoms with Gasteiger partial charge in [0.1, 0.15) is 0 Å². The number of aryl methyl sites for hydroxylation is 1. The smallest absolute Gasteiger partial charge is 0.247 e.